The largest absolute Gasteiger partial charge is 0.388 e. The molecular weight excluding hydrogens is 224 g/mol. The molecule has 0 spiro atoms. The Morgan fingerprint density at radius 3 is 2.94 bits per heavy atom. The van der Waals surface area contributed by atoms with E-state index in [1.165, 1.54) is 0 Å². The number of nitrogens with two attached hydrogens (primary N) is 1. The first-order valence-corrected chi connectivity index (χ1v) is 5.62. The van der Waals surface area contributed by atoms with Gasteiger partial charge >= 0.3 is 0 Å². The van der Waals surface area contributed by atoms with Crippen LogP contribution in [0.1, 0.15) is 18.5 Å². The van der Waals surface area contributed by atoms with E-state index in [-0.39, 0.29) is 4.99 Å². The molecule has 0 bridgehead atoms. The predicted molar refractivity (Wildman–Crippen MR) is 65.4 cm³/mol. The number of aromatic nitrogens is 2. The normalized spacial score (nSPS) is 20.4. The highest BCUT2D eigenvalue weighted by Gasteiger charge is 2.13. The van der Waals surface area contributed by atoms with Crippen LogP contribution >= 0.6 is 12.2 Å². The molecule has 1 atom stereocenters. The van der Waals surface area contributed by atoms with Crippen molar-refractivity contribution in [3.05, 3.63) is 18.1 Å². The number of anilines is 1. The summed E-state index contributed by atoms with van der Waals surface area (Å²) in [6, 6.07) is 0.318. The van der Waals surface area contributed by atoms with Gasteiger partial charge in [0.25, 0.3) is 0 Å². The number of hydrogen-bond acceptors (Lipinski definition) is 5. The molecule has 2 rings (SSSR count). The second-order valence-electron chi connectivity index (χ2n) is 3.71. The van der Waals surface area contributed by atoms with Gasteiger partial charge in [0.05, 0.1) is 25.0 Å². The molecule has 1 fully saturated rings. The van der Waals surface area contributed by atoms with Crippen molar-refractivity contribution < 1.29 is 4.74 Å². The molecule has 5 nitrogen and oxygen atoms in total. The van der Waals surface area contributed by atoms with Crippen LogP contribution in [0.15, 0.2) is 12.4 Å². The first-order chi connectivity index (χ1) is 7.75. The summed E-state index contributed by atoms with van der Waals surface area (Å²) in [5, 5.41) is 3.26. The van der Waals surface area contributed by atoms with Crippen LogP contribution in [0.4, 0.5) is 5.82 Å². The van der Waals surface area contributed by atoms with Crippen LogP contribution in [-0.2, 0) is 4.74 Å². The second kappa shape index (κ2) is 5.18. The molecule has 1 aromatic heterocycles. The van der Waals surface area contributed by atoms with E-state index >= 15 is 0 Å². The maximum Gasteiger partial charge on any atom is 0.144 e. The van der Waals surface area contributed by atoms with Crippen molar-refractivity contribution in [3.8, 4) is 0 Å². The van der Waals surface area contributed by atoms with E-state index in [9.17, 15) is 0 Å². The molecule has 0 aromatic carbocycles. The van der Waals surface area contributed by atoms with Crippen molar-refractivity contribution in [2.75, 3.05) is 18.5 Å². The fourth-order valence-corrected chi connectivity index (χ4v) is 1.70. The number of thiocarbonyl (C=S) groups is 1. The Kier molecular flexibility index (Phi) is 3.63. The summed E-state index contributed by atoms with van der Waals surface area (Å²) in [6.07, 6.45) is 5.40. The summed E-state index contributed by atoms with van der Waals surface area (Å²) in [5.74, 6) is 0.732. The lowest BCUT2D eigenvalue weighted by Gasteiger charge is -2.23. The smallest absolute Gasteiger partial charge is 0.144 e. The van der Waals surface area contributed by atoms with Gasteiger partial charge in [-0.3, -0.25) is 0 Å². The molecule has 1 aromatic rings. The third kappa shape index (κ3) is 2.86. The number of nitrogens with zero attached hydrogens (tertiary/aromatic N) is 2. The molecule has 2 heterocycles. The topological polar surface area (TPSA) is 73.1 Å². The van der Waals surface area contributed by atoms with Gasteiger partial charge in [-0.15, -0.1) is 0 Å². The Morgan fingerprint density at radius 2 is 2.38 bits per heavy atom. The summed E-state index contributed by atoms with van der Waals surface area (Å²) in [4.78, 5) is 8.57. The maximum atomic E-state index is 5.44. The van der Waals surface area contributed by atoms with Crippen LogP contribution < -0.4 is 11.1 Å². The van der Waals surface area contributed by atoms with Gasteiger partial charge in [-0.2, -0.15) is 0 Å². The minimum absolute atomic E-state index is 0.264. The van der Waals surface area contributed by atoms with E-state index in [0.29, 0.717) is 11.7 Å². The molecule has 3 N–H and O–H groups in total. The summed E-state index contributed by atoms with van der Waals surface area (Å²) in [7, 11) is 0. The van der Waals surface area contributed by atoms with Gasteiger partial charge in [-0.05, 0) is 12.8 Å². The average molecular weight is 238 g/mol. The molecule has 1 unspecified atom stereocenters. The van der Waals surface area contributed by atoms with Gasteiger partial charge in [0, 0.05) is 6.61 Å². The Bertz CT molecular complexity index is 362. The Labute approximate surface area is 99.4 Å². The third-order valence-corrected chi connectivity index (χ3v) is 2.63. The highest BCUT2D eigenvalue weighted by Crippen LogP contribution is 2.11. The second-order valence-corrected chi connectivity index (χ2v) is 4.15. The molecule has 1 saturated heterocycles. The molecular formula is C10H14N4OS. The van der Waals surface area contributed by atoms with Crippen LogP contribution in [-0.4, -0.2) is 34.2 Å². The minimum Gasteiger partial charge on any atom is -0.388 e. The average Bonchev–Trinajstić information content (AvgIpc) is 2.31. The molecule has 86 valence electrons. The lowest BCUT2D eigenvalue weighted by molar-refractivity contribution is 0.0875. The van der Waals surface area contributed by atoms with E-state index in [1.807, 2.05) is 0 Å². The van der Waals surface area contributed by atoms with Crippen molar-refractivity contribution in [1.82, 2.24) is 9.97 Å². The zero-order valence-electron chi connectivity index (χ0n) is 8.85. The van der Waals surface area contributed by atoms with Crippen LogP contribution in [0, 0.1) is 0 Å². The van der Waals surface area contributed by atoms with Crippen LogP contribution in [0.3, 0.4) is 0 Å². The standard InChI is InChI=1S/C10H14N4OS/c11-10(16)8-4-13-9(5-12-8)14-7-2-1-3-15-6-7/h4-5,7H,1-3,6H2,(H2,11,16)(H,13,14). The first-order valence-electron chi connectivity index (χ1n) is 5.22. The van der Waals surface area contributed by atoms with Crippen molar-refractivity contribution in [2.45, 2.75) is 18.9 Å². The fraction of sp³-hybridized carbons (Fsp3) is 0.500. The first kappa shape index (κ1) is 11.2. The predicted octanol–water partition coefficient (Wildman–Crippen LogP) is 0.702. The van der Waals surface area contributed by atoms with Gasteiger partial charge in [-0.1, -0.05) is 12.2 Å². The molecule has 0 aliphatic carbocycles. The molecule has 0 amide bonds. The molecule has 1 aliphatic rings. The molecule has 0 radical (unpaired) electrons. The Balaban J connectivity index is 1.96. The van der Waals surface area contributed by atoms with Gasteiger partial charge in [0.1, 0.15) is 16.5 Å². The Hall–Kier alpha value is -1.27. The lowest BCUT2D eigenvalue weighted by Crippen LogP contribution is -2.30. The summed E-state index contributed by atoms with van der Waals surface area (Å²) < 4.78 is 5.36. The minimum atomic E-state index is 0.264. The lowest BCUT2D eigenvalue weighted by atomic mass is 10.1. The summed E-state index contributed by atoms with van der Waals surface area (Å²) in [5.41, 5.74) is 5.98. The van der Waals surface area contributed by atoms with Crippen LogP contribution in [0.5, 0.6) is 0 Å². The number of nitrogens with one attached hydrogen (secondary N) is 1. The highest BCUT2D eigenvalue weighted by atomic mass is 32.1. The summed E-state index contributed by atoms with van der Waals surface area (Å²) >= 11 is 4.80. The molecule has 0 saturated carbocycles. The fourth-order valence-electron chi connectivity index (χ4n) is 1.59. The third-order valence-electron chi connectivity index (χ3n) is 2.42. The van der Waals surface area contributed by atoms with Crippen LogP contribution in [0.25, 0.3) is 0 Å². The van der Waals surface area contributed by atoms with E-state index in [0.717, 1.165) is 31.9 Å². The molecule has 1 aliphatic heterocycles. The van der Waals surface area contributed by atoms with Crippen molar-refractivity contribution in [1.29, 1.82) is 0 Å². The monoisotopic (exact) mass is 238 g/mol. The van der Waals surface area contributed by atoms with Crippen molar-refractivity contribution >= 4 is 23.0 Å². The highest BCUT2D eigenvalue weighted by molar-refractivity contribution is 7.80. The zero-order chi connectivity index (χ0) is 11.4. The van der Waals surface area contributed by atoms with Gasteiger partial charge in [-0.25, -0.2) is 9.97 Å². The van der Waals surface area contributed by atoms with Crippen molar-refractivity contribution in [2.24, 2.45) is 5.73 Å². The van der Waals surface area contributed by atoms with Crippen LogP contribution in [0.2, 0.25) is 0 Å². The van der Waals surface area contributed by atoms with E-state index < -0.39 is 0 Å². The SMILES string of the molecule is NC(=S)c1cnc(NC2CCCOC2)cn1. The number of ether oxygens (including phenoxy) is 1. The quantitative estimate of drug-likeness (QED) is 0.755. The molecule has 16 heavy (non-hydrogen) atoms. The number of hydrogen-bond donors (Lipinski definition) is 2. The number of rotatable bonds is 3. The Morgan fingerprint density at radius 1 is 1.50 bits per heavy atom. The molecule has 6 heteroatoms. The van der Waals surface area contributed by atoms with E-state index in [2.05, 4.69) is 15.3 Å². The van der Waals surface area contributed by atoms with E-state index in [1.54, 1.807) is 12.4 Å². The maximum absolute atomic E-state index is 5.44. The van der Waals surface area contributed by atoms with Gasteiger partial charge in [0.15, 0.2) is 0 Å². The van der Waals surface area contributed by atoms with Gasteiger partial charge < -0.3 is 15.8 Å². The van der Waals surface area contributed by atoms with E-state index in [4.69, 9.17) is 22.7 Å². The summed E-state index contributed by atoms with van der Waals surface area (Å²) in [6.45, 7) is 1.57. The van der Waals surface area contributed by atoms with Crippen molar-refractivity contribution in [3.63, 3.8) is 0 Å². The van der Waals surface area contributed by atoms with Gasteiger partial charge in [0.2, 0.25) is 0 Å². The zero-order valence-corrected chi connectivity index (χ0v) is 9.67.